The number of benzene rings is 1. The van der Waals surface area contributed by atoms with Gasteiger partial charge in [-0.15, -0.1) is 0 Å². The van der Waals surface area contributed by atoms with Gasteiger partial charge in [-0.1, -0.05) is 12.1 Å². The Morgan fingerprint density at radius 2 is 1.75 bits per heavy atom. The Bertz CT molecular complexity index is 568. The molecule has 0 saturated heterocycles. The molecule has 20 heavy (non-hydrogen) atoms. The summed E-state index contributed by atoms with van der Waals surface area (Å²) in [6.45, 7) is -0.184. The normalized spacial score (nSPS) is 12.2. The molecular weight excluding hydrogens is 297 g/mol. The predicted molar refractivity (Wildman–Crippen MR) is 65.5 cm³/mol. The molecule has 0 heterocycles. The fourth-order valence-electron chi connectivity index (χ4n) is 1.37. The lowest BCUT2D eigenvalue weighted by atomic mass is 10.1. The number of alkyl halides is 3. The number of hydrogen-bond donors (Lipinski definition) is 2. The molecule has 0 aromatic heterocycles. The SMILES string of the molecule is CNS(=O)(=O)c1ccc(CCNC(=O)C(F)(F)F)cc1. The maximum atomic E-state index is 11.9. The molecular formula is C11H13F3N2O3S. The predicted octanol–water partition coefficient (Wildman–Crippen LogP) is 0.816. The monoisotopic (exact) mass is 310 g/mol. The van der Waals surface area contributed by atoms with Crippen molar-refractivity contribution in [2.45, 2.75) is 17.5 Å². The van der Waals surface area contributed by atoms with E-state index in [1.54, 1.807) is 5.32 Å². The highest BCUT2D eigenvalue weighted by molar-refractivity contribution is 7.89. The van der Waals surface area contributed by atoms with Gasteiger partial charge in [0.05, 0.1) is 4.90 Å². The minimum atomic E-state index is -4.90. The number of hydrogen-bond acceptors (Lipinski definition) is 3. The molecule has 1 rings (SSSR count). The molecule has 0 aliphatic carbocycles. The molecule has 9 heteroatoms. The molecule has 0 unspecified atom stereocenters. The van der Waals surface area contributed by atoms with Crippen molar-refractivity contribution in [3.05, 3.63) is 29.8 Å². The number of rotatable bonds is 5. The standard InChI is InChI=1S/C11H13F3N2O3S/c1-15-20(18,19)9-4-2-8(3-5-9)6-7-16-10(17)11(12,13)14/h2-5,15H,6-7H2,1H3,(H,16,17). The molecule has 112 valence electrons. The third-order valence-electron chi connectivity index (χ3n) is 2.46. The molecule has 1 aromatic carbocycles. The molecule has 0 aliphatic rings. The number of sulfonamides is 1. The van der Waals surface area contributed by atoms with E-state index in [-0.39, 0.29) is 17.9 Å². The lowest BCUT2D eigenvalue weighted by Gasteiger charge is -2.08. The van der Waals surface area contributed by atoms with Gasteiger partial charge in [-0.05, 0) is 31.2 Å². The largest absolute Gasteiger partial charge is 0.471 e. The van der Waals surface area contributed by atoms with E-state index in [9.17, 15) is 26.4 Å². The highest BCUT2D eigenvalue weighted by atomic mass is 32.2. The van der Waals surface area contributed by atoms with Crippen LogP contribution in [0.3, 0.4) is 0 Å². The minimum Gasteiger partial charge on any atom is -0.348 e. The van der Waals surface area contributed by atoms with Crippen molar-refractivity contribution >= 4 is 15.9 Å². The van der Waals surface area contributed by atoms with E-state index in [1.807, 2.05) is 0 Å². The van der Waals surface area contributed by atoms with Gasteiger partial charge in [0, 0.05) is 6.54 Å². The molecule has 0 fully saturated rings. The average molecular weight is 310 g/mol. The van der Waals surface area contributed by atoms with Crippen molar-refractivity contribution < 1.29 is 26.4 Å². The van der Waals surface area contributed by atoms with Crippen LogP contribution >= 0.6 is 0 Å². The van der Waals surface area contributed by atoms with Gasteiger partial charge in [0.1, 0.15) is 0 Å². The van der Waals surface area contributed by atoms with Crippen LogP contribution in [0.2, 0.25) is 0 Å². The van der Waals surface area contributed by atoms with Crippen molar-refractivity contribution in [3.63, 3.8) is 0 Å². The second-order valence-corrected chi connectivity index (χ2v) is 5.74. The van der Waals surface area contributed by atoms with Crippen molar-refractivity contribution in [2.75, 3.05) is 13.6 Å². The second kappa shape index (κ2) is 6.23. The molecule has 0 bridgehead atoms. The van der Waals surface area contributed by atoms with Crippen LogP contribution in [0.4, 0.5) is 13.2 Å². The Kier molecular flexibility index (Phi) is 5.12. The zero-order valence-corrected chi connectivity index (χ0v) is 11.3. The summed E-state index contributed by atoms with van der Waals surface area (Å²) in [6, 6.07) is 5.63. The van der Waals surface area contributed by atoms with Crippen molar-refractivity contribution in [2.24, 2.45) is 0 Å². The zero-order valence-electron chi connectivity index (χ0n) is 10.5. The van der Waals surface area contributed by atoms with E-state index >= 15 is 0 Å². The van der Waals surface area contributed by atoms with Gasteiger partial charge in [-0.3, -0.25) is 4.79 Å². The van der Waals surface area contributed by atoms with Gasteiger partial charge in [-0.25, -0.2) is 13.1 Å². The Hall–Kier alpha value is -1.61. The lowest BCUT2D eigenvalue weighted by Crippen LogP contribution is -2.37. The lowest BCUT2D eigenvalue weighted by molar-refractivity contribution is -0.173. The maximum Gasteiger partial charge on any atom is 0.471 e. The Balaban J connectivity index is 2.58. The zero-order chi connectivity index (χ0) is 15.4. The van der Waals surface area contributed by atoms with Crippen molar-refractivity contribution in [1.29, 1.82) is 0 Å². The van der Waals surface area contributed by atoms with Gasteiger partial charge < -0.3 is 5.32 Å². The van der Waals surface area contributed by atoms with Crippen LogP contribution in [0.15, 0.2) is 29.2 Å². The highest BCUT2D eigenvalue weighted by Crippen LogP contribution is 2.14. The fraction of sp³-hybridized carbons (Fsp3) is 0.364. The van der Waals surface area contributed by atoms with E-state index < -0.39 is 22.1 Å². The van der Waals surface area contributed by atoms with Crippen LogP contribution in [-0.2, 0) is 21.2 Å². The van der Waals surface area contributed by atoms with Gasteiger partial charge >= 0.3 is 12.1 Å². The van der Waals surface area contributed by atoms with E-state index in [0.717, 1.165) is 0 Å². The molecule has 0 radical (unpaired) electrons. The van der Waals surface area contributed by atoms with Gasteiger partial charge in [0.25, 0.3) is 0 Å². The number of nitrogens with one attached hydrogen (secondary N) is 2. The summed E-state index contributed by atoms with van der Waals surface area (Å²) in [5.41, 5.74) is 0.613. The van der Waals surface area contributed by atoms with E-state index in [0.29, 0.717) is 5.56 Å². The molecule has 0 aliphatic heterocycles. The molecule has 5 nitrogen and oxygen atoms in total. The molecule has 0 saturated carbocycles. The topological polar surface area (TPSA) is 75.3 Å². The minimum absolute atomic E-state index is 0.0584. The summed E-state index contributed by atoms with van der Waals surface area (Å²) in [5.74, 6) is -1.99. The first-order valence-corrected chi connectivity index (χ1v) is 7.02. The van der Waals surface area contributed by atoms with E-state index in [2.05, 4.69) is 4.72 Å². The summed E-state index contributed by atoms with van der Waals surface area (Å²) >= 11 is 0. The molecule has 0 atom stereocenters. The maximum absolute atomic E-state index is 11.9. The quantitative estimate of drug-likeness (QED) is 0.845. The van der Waals surface area contributed by atoms with Crippen LogP contribution in [0.1, 0.15) is 5.56 Å². The summed E-state index contributed by atoms with van der Waals surface area (Å²) in [7, 11) is -2.26. The number of amides is 1. The van der Waals surface area contributed by atoms with Crippen LogP contribution in [0.25, 0.3) is 0 Å². The smallest absolute Gasteiger partial charge is 0.348 e. The number of carbonyl (C=O) groups is 1. The number of halogens is 3. The number of carbonyl (C=O) groups excluding carboxylic acids is 1. The Labute approximate surface area is 114 Å². The first kappa shape index (κ1) is 16.4. The summed E-state index contributed by atoms with van der Waals surface area (Å²) in [5, 5.41) is 1.73. The first-order valence-electron chi connectivity index (χ1n) is 5.54. The third-order valence-corrected chi connectivity index (χ3v) is 3.89. The van der Waals surface area contributed by atoms with Crippen molar-refractivity contribution in [3.8, 4) is 0 Å². The van der Waals surface area contributed by atoms with Crippen LogP contribution in [0.5, 0.6) is 0 Å². The molecule has 1 aromatic rings. The fourth-order valence-corrected chi connectivity index (χ4v) is 2.10. The van der Waals surface area contributed by atoms with Crippen LogP contribution < -0.4 is 10.0 Å². The third kappa shape index (κ3) is 4.49. The Morgan fingerprint density at radius 1 is 1.20 bits per heavy atom. The average Bonchev–Trinajstić information content (AvgIpc) is 2.38. The van der Waals surface area contributed by atoms with Crippen LogP contribution in [-0.4, -0.2) is 34.1 Å². The molecule has 2 N–H and O–H groups in total. The summed E-state index contributed by atoms with van der Waals surface area (Å²) in [6.07, 6.45) is -4.73. The summed E-state index contributed by atoms with van der Waals surface area (Å²) < 4.78 is 60.7. The van der Waals surface area contributed by atoms with Crippen molar-refractivity contribution in [1.82, 2.24) is 10.0 Å². The first-order chi connectivity index (χ1) is 9.16. The summed E-state index contributed by atoms with van der Waals surface area (Å²) in [4.78, 5) is 10.6. The van der Waals surface area contributed by atoms with Crippen LogP contribution in [0, 0.1) is 0 Å². The molecule has 1 amide bonds. The van der Waals surface area contributed by atoms with E-state index in [1.165, 1.54) is 31.3 Å². The van der Waals surface area contributed by atoms with E-state index in [4.69, 9.17) is 0 Å². The van der Waals surface area contributed by atoms with Gasteiger partial charge in [0.15, 0.2) is 0 Å². The molecule has 0 spiro atoms. The Morgan fingerprint density at radius 3 is 2.20 bits per heavy atom. The van der Waals surface area contributed by atoms with Gasteiger partial charge in [-0.2, -0.15) is 13.2 Å². The highest BCUT2D eigenvalue weighted by Gasteiger charge is 2.38. The van der Waals surface area contributed by atoms with Gasteiger partial charge in [0.2, 0.25) is 10.0 Å². The second-order valence-electron chi connectivity index (χ2n) is 3.86.